The average molecular weight is 401 g/mol. The van der Waals surface area contributed by atoms with Gasteiger partial charge in [-0.2, -0.15) is 13.2 Å². The van der Waals surface area contributed by atoms with Crippen molar-refractivity contribution in [2.45, 2.75) is 6.18 Å². The standard InChI is InChI=1S/C16H8ClF3N2O3S/c17-12-7-10(22(23)24)4-5-13(12)25-11-3-1-2-9(6-11)15-21-14(8-26-15)16(18,19)20/h1-8H. The van der Waals surface area contributed by atoms with Crippen molar-refractivity contribution in [2.24, 2.45) is 0 Å². The molecule has 134 valence electrons. The van der Waals surface area contributed by atoms with Gasteiger partial charge in [-0.3, -0.25) is 10.1 Å². The van der Waals surface area contributed by atoms with Gasteiger partial charge in [0.05, 0.1) is 9.95 Å². The van der Waals surface area contributed by atoms with Gasteiger partial charge >= 0.3 is 6.18 Å². The van der Waals surface area contributed by atoms with E-state index in [-0.39, 0.29) is 21.5 Å². The maximum Gasteiger partial charge on any atom is 0.434 e. The molecule has 1 heterocycles. The van der Waals surface area contributed by atoms with Crippen molar-refractivity contribution in [2.75, 3.05) is 0 Å². The third kappa shape index (κ3) is 3.94. The number of non-ortho nitro benzene ring substituents is 1. The Balaban J connectivity index is 1.86. The van der Waals surface area contributed by atoms with Crippen LogP contribution in [0.15, 0.2) is 47.8 Å². The topological polar surface area (TPSA) is 65.3 Å². The minimum Gasteiger partial charge on any atom is -0.456 e. The van der Waals surface area contributed by atoms with E-state index in [2.05, 4.69) is 4.98 Å². The molecule has 0 amide bonds. The number of ether oxygens (including phenoxy) is 1. The van der Waals surface area contributed by atoms with E-state index in [4.69, 9.17) is 16.3 Å². The van der Waals surface area contributed by atoms with E-state index >= 15 is 0 Å². The number of alkyl halides is 3. The lowest BCUT2D eigenvalue weighted by atomic mass is 10.2. The molecule has 0 fully saturated rings. The van der Waals surface area contributed by atoms with Crippen LogP contribution in [0.25, 0.3) is 10.6 Å². The molecule has 0 atom stereocenters. The summed E-state index contributed by atoms with van der Waals surface area (Å²) < 4.78 is 43.6. The van der Waals surface area contributed by atoms with Crippen LogP contribution in [0.1, 0.15) is 5.69 Å². The molecule has 0 bridgehead atoms. The number of hydrogen-bond acceptors (Lipinski definition) is 5. The SMILES string of the molecule is O=[N+]([O-])c1ccc(Oc2cccc(-c3nc(C(F)(F)F)cs3)c2)c(Cl)c1. The first-order valence-electron chi connectivity index (χ1n) is 6.99. The predicted molar refractivity (Wildman–Crippen MR) is 90.7 cm³/mol. The molecule has 0 saturated heterocycles. The molecule has 0 saturated carbocycles. The van der Waals surface area contributed by atoms with Gasteiger partial charge in [0.1, 0.15) is 16.5 Å². The van der Waals surface area contributed by atoms with Crippen molar-refractivity contribution >= 4 is 28.6 Å². The van der Waals surface area contributed by atoms with Gasteiger partial charge < -0.3 is 4.74 Å². The van der Waals surface area contributed by atoms with Crippen LogP contribution in [0, 0.1) is 10.1 Å². The fourth-order valence-corrected chi connectivity index (χ4v) is 3.08. The molecule has 0 radical (unpaired) electrons. The molecule has 0 N–H and O–H groups in total. The molecule has 0 aliphatic carbocycles. The summed E-state index contributed by atoms with van der Waals surface area (Å²) in [5.74, 6) is 0.492. The first kappa shape index (κ1) is 18.2. The molecule has 2 aromatic carbocycles. The summed E-state index contributed by atoms with van der Waals surface area (Å²) in [5, 5.41) is 11.9. The minimum absolute atomic E-state index is 0.0400. The highest BCUT2D eigenvalue weighted by atomic mass is 35.5. The minimum atomic E-state index is -4.50. The van der Waals surface area contributed by atoms with E-state index in [9.17, 15) is 23.3 Å². The van der Waals surface area contributed by atoms with Gasteiger partial charge in [0.2, 0.25) is 0 Å². The van der Waals surface area contributed by atoms with E-state index < -0.39 is 16.8 Å². The second-order valence-corrected chi connectivity index (χ2v) is 6.30. The summed E-state index contributed by atoms with van der Waals surface area (Å²) in [6, 6.07) is 10.0. The Kier molecular flexibility index (Phi) is 4.84. The quantitative estimate of drug-likeness (QED) is 0.387. The predicted octanol–water partition coefficient (Wildman–Crippen LogP) is 6.18. The maximum atomic E-state index is 12.7. The number of hydrogen-bond donors (Lipinski definition) is 0. The smallest absolute Gasteiger partial charge is 0.434 e. The Labute approximate surface area is 153 Å². The van der Waals surface area contributed by atoms with Crippen molar-refractivity contribution in [1.29, 1.82) is 0 Å². The van der Waals surface area contributed by atoms with Crippen LogP contribution in [-0.2, 0) is 6.18 Å². The van der Waals surface area contributed by atoms with E-state index in [1.807, 2.05) is 0 Å². The summed E-state index contributed by atoms with van der Waals surface area (Å²) in [6.45, 7) is 0. The number of aromatic nitrogens is 1. The first-order valence-corrected chi connectivity index (χ1v) is 8.25. The van der Waals surface area contributed by atoms with Crippen molar-refractivity contribution in [3.05, 3.63) is 68.7 Å². The molecule has 0 aliphatic heterocycles. The molecule has 3 rings (SSSR count). The van der Waals surface area contributed by atoms with Gasteiger partial charge in [-0.05, 0) is 18.2 Å². The normalized spacial score (nSPS) is 11.4. The van der Waals surface area contributed by atoms with Gasteiger partial charge in [0.15, 0.2) is 5.69 Å². The molecule has 0 unspecified atom stereocenters. The Morgan fingerprint density at radius 1 is 1.19 bits per heavy atom. The zero-order chi connectivity index (χ0) is 18.9. The van der Waals surface area contributed by atoms with E-state index in [1.165, 1.54) is 18.2 Å². The highest BCUT2D eigenvalue weighted by Crippen LogP contribution is 2.36. The molecule has 0 aliphatic rings. The lowest BCUT2D eigenvalue weighted by Crippen LogP contribution is -2.04. The van der Waals surface area contributed by atoms with Crippen LogP contribution >= 0.6 is 22.9 Å². The van der Waals surface area contributed by atoms with Crippen LogP contribution in [-0.4, -0.2) is 9.91 Å². The van der Waals surface area contributed by atoms with Gasteiger partial charge in [0.25, 0.3) is 5.69 Å². The largest absolute Gasteiger partial charge is 0.456 e. The van der Waals surface area contributed by atoms with Gasteiger partial charge in [-0.25, -0.2) is 4.98 Å². The fraction of sp³-hybridized carbons (Fsp3) is 0.0625. The summed E-state index contributed by atoms with van der Waals surface area (Å²) in [4.78, 5) is 13.7. The first-order chi connectivity index (χ1) is 12.2. The lowest BCUT2D eigenvalue weighted by molar-refractivity contribution is -0.384. The number of halogens is 4. The summed E-state index contributed by atoms with van der Waals surface area (Å²) in [7, 11) is 0. The van der Waals surface area contributed by atoms with Crippen LogP contribution in [0.3, 0.4) is 0 Å². The summed E-state index contributed by atoms with van der Waals surface area (Å²) >= 11 is 6.83. The van der Waals surface area contributed by atoms with E-state index in [0.717, 1.165) is 22.8 Å². The third-order valence-electron chi connectivity index (χ3n) is 3.23. The van der Waals surface area contributed by atoms with Crippen molar-refractivity contribution < 1.29 is 22.8 Å². The number of benzene rings is 2. The average Bonchev–Trinajstić information content (AvgIpc) is 3.07. The Morgan fingerprint density at radius 2 is 1.96 bits per heavy atom. The molecule has 0 spiro atoms. The molecule has 26 heavy (non-hydrogen) atoms. The number of nitro benzene ring substituents is 1. The number of rotatable bonds is 4. The van der Waals surface area contributed by atoms with Gasteiger partial charge in [-0.1, -0.05) is 23.7 Å². The Hall–Kier alpha value is -2.65. The van der Waals surface area contributed by atoms with E-state index in [1.54, 1.807) is 18.2 Å². The third-order valence-corrected chi connectivity index (χ3v) is 4.42. The molecular formula is C16H8ClF3N2O3S. The van der Waals surface area contributed by atoms with Crippen LogP contribution < -0.4 is 4.74 Å². The van der Waals surface area contributed by atoms with E-state index in [0.29, 0.717) is 11.3 Å². The van der Waals surface area contributed by atoms with Crippen molar-refractivity contribution in [3.8, 4) is 22.1 Å². The zero-order valence-electron chi connectivity index (χ0n) is 12.7. The molecule has 1 aromatic heterocycles. The molecule has 5 nitrogen and oxygen atoms in total. The number of nitrogens with zero attached hydrogens (tertiary/aromatic N) is 2. The number of nitro groups is 1. The molecular weight excluding hydrogens is 393 g/mol. The Morgan fingerprint density at radius 3 is 2.58 bits per heavy atom. The van der Waals surface area contributed by atoms with Crippen molar-refractivity contribution in [3.63, 3.8) is 0 Å². The molecule has 3 aromatic rings. The highest BCUT2D eigenvalue weighted by molar-refractivity contribution is 7.13. The van der Waals surface area contributed by atoms with Gasteiger partial charge in [-0.15, -0.1) is 11.3 Å². The summed E-state index contributed by atoms with van der Waals surface area (Å²) in [5.41, 5.74) is -0.693. The second-order valence-electron chi connectivity index (χ2n) is 5.04. The monoisotopic (exact) mass is 400 g/mol. The summed E-state index contributed by atoms with van der Waals surface area (Å²) in [6.07, 6.45) is -4.50. The fourth-order valence-electron chi connectivity index (χ4n) is 2.04. The van der Waals surface area contributed by atoms with Crippen LogP contribution in [0.5, 0.6) is 11.5 Å². The maximum absolute atomic E-state index is 12.7. The van der Waals surface area contributed by atoms with Crippen molar-refractivity contribution in [1.82, 2.24) is 4.98 Å². The highest BCUT2D eigenvalue weighted by Gasteiger charge is 2.33. The lowest BCUT2D eigenvalue weighted by Gasteiger charge is -2.08. The molecule has 10 heteroatoms. The van der Waals surface area contributed by atoms with Crippen LogP contribution in [0.2, 0.25) is 5.02 Å². The van der Waals surface area contributed by atoms with Gasteiger partial charge in [0, 0.05) is 23.1 Å². The zero-order valence-corrected chi connectivity index (χ0v) is 14.2. The van der Waals surface area contributed by atoms with Crippen LogP contribution in [0.4, 0.5) is 18.9 Å². The number of thiazole rings is 1. The Bertz CT molecular complexity index is 975. The second kappa shape index (κ2) is 6.93.